The van der Waals surface area contributed by atoms with Gasteiger partial charge in [-0.15, -0.1) is 0 Å². The van der Waals surface area contributed by atoms with Crippen LogP contribution in [0.15, 0.2) is 0 Å². The fourth-order valence-corrected chi connectivity index (χ4v) is 4.35. The van der Waals surface area contributed by atoms with Gasteiger partial charge in [-0.1, -0.05) is 0 Å². The Morgan fingerprint density at radius 1 is 0.143 bits per heavy atom. The first kappa shape index (κ1) is 66.5. The van der Waals surface area contributed by atoms with E-state index in [-0.39, 0.29) is 0 Å². The molecule has 0 aliphatic heterocycles. The van der Waals surface area contributed by atoms with Crippen molar-refractivity contribution in [1.29, 1.82) is 0 Å². The van der Waals surface area contributed by atoms with Gasteiger partial charge in [-0.2, -0.15) is 193 Å². The van der Waals surface area contributed by atoms with Crippen LogP contribution >= 0.6 is 0 Å². The van der Waals surface area contributed by atoms with Crippen LogP contribution in [0, 0.1) is 0 Å². The van der Waals surface area contributed by atoms with E-state index in [0.29, 0.717) is 0 Å². The van der Waals surface area contributed by atoms with Gasteiger partial charge in [0.2, 0.25) is 5.78 Å². The van der Waals surface area contributed by atoms with Gasteiger partial charge in [0.1, 0.15) is 0 Å². The Labute approximate surface area is 345 Å². The maximum atomic E-state index is 15.5. The van der Waals surface area contributed by atoms with E-state index in [9.17, 15) is 198 Å². The van der Waals surface area contributed by atoms with E-state index < -0.39 is 137 Å². The molecule has 0 saturated carbocycles. The highest BCUT2D eigenvalue weighted by atomic mass is 19.5. The molecule has 2 atom stereocenters. The lowest BCUT2D eigenvalue weighted by Gasteiger charge is -2.50. The van der Waals surface area contributed by atoms with Crippen molar-refractivity contribution in [2.45, 2.75) is 131 Å². The highest BCUT2D eigenvalue weighted by Gasteiger charge is 3.05. The van der Waals surface area contributed by atoms with Crippen molar-refractivity contribution in [3.63, 3.8) is 0 Å². The van der Waals surface area contributed by atoms with Gasteiger partial charge >= 0.3 is 131 Å². The first-order valence-corrected chi connectivity index (χ1v) is 14.4. The third kappa shape index (κ3) is 7.31. The molecular weight excluding hydrogens is 1170 g/mol. The summed E-state index contributed by atoms with van der Waals surface area (Å²) in [6.45, 7) is 0. The Kier molecular flexibility index (Phi) is 14.9. The molecule has 0 spiro atoms. The summed E-state index contributed by atoms with van der Waals surface area (Å²) in [5.74, 6) is -178. The van der Waals surface area contributed by atoms with E-state index in [4.69, 9.17) is 0 Å². The summed E-state index contributed by atoms with van der Waals surface area (Å²) in [7, 11) is 0. The summed E-state index contributed by atoms with van der Waals surface area (Å²) in [6, 6.07) is 0. The number of carbonyl (C=O) groups is 1. The van der Waals surface area contributed by atoms with Gasteiger partial charge in [0.25, 0.3) is 0 Å². The van der Waals surface area contributed by atoms with Crippen LogP contribution in [0.3, 0.4) is 0 Å². The van der Waals surface area contributed by atoms with Crippen LogP contribution in [-0.2, 0) is 4.79 Å². The molecule has 0 aliphatic carbocycles. The first-order chi connectivity index (χ1) is 29.2. The third-order valence-corrected chi connectivity index (χ3v) is 8.51. The fourth-order valence-electron chi connectivity index (χ4n) is 4.35. The number of halogens is 46. The molecule has 0 bridgehead atoms. The van der Waals surface area contributed by atoms with Crippen molar-refractivity contribution in [3.8, 4) is 0 Å². The van der Waals surface area contributed by atoms with Gasteiger partial charge in [0, 0.05) is 0 Å². The van der Waals surface area contributed by atoms with E-state index in [1.165, 1.54) is 0 Å². The molecule has 0 rings (SSSR count). The lowest BCUT2D eigenvalue weighted by Crippen LogP contribution is -2.85. The van der Waals surface area contributed by atoms with Crippen LogP contribution in [0.25, 0.3) is 0 Å². The lowest BCUT2D eigenvalue weighted by molar-refractivity contribution is -0.475. The largest absolute Gasteiger partial charge is 0.460 e. The molecule has 420 valence electrons. The van der Waals surface area contributed by atoms with Crippen molar-refractivity contribution in [3.05, 3.63) is 0 Å². The molecule has 0 heterocycles. The first-order valence-electron chi connectivity index (χ1n) is 14.4. The molecule has 2 unspecified atom stereocenters. The summed E-state index contributed by atoms with van der Waals surface area (Å²) >= 11 is 0. The number of Topliss-reactive ketones (excluding diaryl/α,β-unsaturated/α-hetero) is 1. The summed E-state index contributed by atoms with van der Waals surface area (Å²) < 4.78 is 630. The zero-order chi connectivity index (χ0) is 58.6. The average Bonchev–Trinajstić information content (AvgIpc) is 3.10. The number of hydrogen-bond acceptors (Lipinski definition) is 1. The molecule has 70 heavy (non-hydrogen) atoms. The van der Waals surface area contributed by atoms with Crippen LogP contribution in [0.5, 0.6) is 0 Å². The van der Waals surface area contributed by atoms with Gasteiger partial charge in [0.15, 0.2) is 0 Å². The Bertz CT molecular complexity index is 1790. The molecule has 0 aromatic heterocycles. The van der Waals surface area contributed by atoms with Crippen molar-refractivity contribution in [2.75, 3.05) is 0 Å². The smallest absolute Gasteiger partial charge is 0.291 e. The number of hydrogen-bond donors (Lipinski definition) is 0. The Hall–Kier alpha value is -3.55. The molecule has 0 aromatic carbocycles. The van der Waals surface area contributed by atoms with Gasteiger partial charge < -0.3 is 0 Å². The van der Waals surface area contributed by atoms with E-state index in [0.717, 1.165) is 0 Å². The second kappa shape index (κ2) is 15.7. The average molecular weight is 1170 g/mol. The maximum Gasteiger partial charge on any atom is 0.460 e. The lowest BCUT2D eigenvalue weighted by atomic mass is 9.68. The number of carbonyl (C=O) groups excluding carboxylic acids is 1. The van der Waals surface area contributed by atoms with Crippen LogP contribution in [0.1, 0.15) is 0 Å². The molecule has 1 nitrogen and oxygen atoms in total. The molecule has 0 N–H and O–H groups in total. The van der Waals surface area contributed by atoms with Crippen molar-refractivity contribution >= 4 is 5.78 Å². The van der Waals surface area contributed by atoms with Crippen molar-refractivity contribution in [2.24, 2.45) is 0 Å². The van der Waals surface area contributed by atoms with E-state index in [1.807, 2.05) is 0 Å². The molecule has 0 amide bonds. The third-order valence-electron chi connectivity index (χ3n) is 8.51. The zero-order valence-electron chi connectivity index (χ0n) is 29.3. The fraction of sp³-hybridized carbons (Fsp3) is 0.957. The molecule has 47 heteroatoms. The standard InChI is InChI=1S/C23F46O/c24-2(6(30,31)20(58,59)60,4(26,27)8(34,35)10(38,39)12(42,43)14(46,47)16(50,51)18(54,55)22(64,65)66)1(70)3(25,7(32,33)21(61,62)63)5(28,29)9(36,37)11(40,41)13(44,45)15(48,49)17(52,53)19(56,57)23(67,68)69. The highest BCUT2D eigenvalue weighted by Crippen LogP contribution is 2.72. The second-order valence-corrected chi connectivity index (χ2v) is 12.8. The maximum absolute atomic E-state index is 15.5. The van der Waals surface area contributed by atoms with E-state index >= 15 is 8.78 Å². The van der Waals surface area contributed by atoms with Gasteiger partial charge in [-0.05, 0) is 0 Å². The van der Waals surface area contributed by atoms with Crippen molar-refractivity contribution in [1.82, 2.24) is 0 Å². The summed E-state index contributed by atoms with van der Waals surface area (Å²) in [5.41, 5.74) is -23.1. The molecule has 0 radical (unpaired) electrons. The monoisotopic (exact) mass is 1170 g/mol. The minimum absolute atomic E-state index is 8.67. The van der Waals surface area contributed by atoms with Crippen LogP contribution in [0.4, 0.5) is 202 Å². The second-order valence-electron chi connectivity index (χ2n) is 12.8. The van der Waals surface area contributed by atoms with Gasteiger partial charge in [-0.25, -0.2) is 8.78 Å². The summed E-state index contributed by atoms with van der Waals surface area (Å²) in [5, 5.41) is 0. The molecular formula is C23F46O. The van der Waals surface area contributed by atoms with Crippen LogP contribution < -0.4 is 0 Å². The number of rotatable bonds is 18. The Morgan fingerprint density at radius 3 is 0.357 bits per heavy atom. The summed E-state index contributed by atoms with van der Waals surface area (Å²) in [6.07, 6.45) is -37.3. The Balaban J connectivity index is 9.50. The van der Waals surface area contributed by atoms with Crippen LogP contribution in [0.2, 0.25) is 0 Å². The predicted octanol–water partition coefficient (Wildman–Crippen LogP) is 14.4. The SMILES string of the molecule is O=C(C(F)(C(F)(F)C(F)(F)F)C(F)(F)C(F)(F)C(F)(F)C(F)(F)C(F)(F)C(F)(F)C(F)(F)C(F)(F)F)C(F)(C(F)(F)C(F)(F)F)C(F)(F)C(F)(F)C(F)(F)C(F)(F)C(F)(F)C(F)(F)C(F)(F)C(F)(F)F. The van der Waals surface area contributed by atoms with E-state index in [2.05, 4.69) is 0 Å². The molecule has 0 aliphatic rings. The van der Waals surface area contributed by atoms with Crippen molar-refractivity contribution < 1.29 is 207 Å². The molecule has 0 saturated heterocycles. The van der Waals surface area contributed by atoms with Crippen LogP contribution in [-0.4, -0.2) is 137 Å². The molecule has 0 aromatic rings. The number of alkyl halides is 46. The topological polar surface area (TPSA) is 17.1 Å². The van der Waals surface area contributed by atoms with E-state index in [1.54, 1.807) is 0 Å². The quantitative estimate of drug-likeness (QED) is 0.125. The minimum Gasteiger partial charge on any atom is -0.291 e. The van der Waals surface area contributed by atoms with Gasteiger partial charge in [-0.3, -0.25) is 4.79 Å². The highest BCUT2D eigenvalue weighted by molar-refractivity contribution is 5.99. The Morgan fingerprint density at radius 2 is 0.243 bits per heavy atom. The normalized spacial score (nSPS) is 18.7. The molecule has 0 fully saturated rings. The van der Waals surface area contributed by atoms with Gasteiger partial charge in [0.05, 0.1) is 0 Å². The zero-order valence-corrected chi connectivity index (χ0v) is 29.3. The minimum atomic E-state index is -11.5. The number of ketones is 1. The summed E-state index contributed by atoms with van der Waals surface area (Å²) in [4.78, 5) is 12.0. The predicted molar refractivity (Wildman–Crippen MR) is 116 cm³/mol.